The standard InChI is InChI=1S/C17H22N3O9P/c1-10(21)18-6-4-5-11-7-20(16(23)19-14(11)22)15-12-13(29-30(3,24)25)17(28-15,8-26-2)9-27-12/h7,12-13,15H,6,8-9H2,1-3H3,(H,18,21)(H,24,25)(H,19,22,23)/t12?,13-,15+,17+/m0/s1. The minimum atomic E-state index is -3.91. The quantitative estimate of drug-likeness (QED) is 0.353. The van der Waals surface area contributed by atoms with Gasteiger partial charge in [-0.1, -0.05) is 11.8 Å². The molecule has 2 aliphatic heterocycles. The number of rotatable bonds is 6. The second-order valence-electron chi connectivity index (χ2n) is 7.03. The van der Waals surface area contributed by atoms with Crippen LogP contribution in [0, 0.1) is 11.8 Å². The van der Waals surface area contributed by atoms with E-state index in [9.17, 15) is 23.8 Å². The van der Waals surface area contributed by atoms with Crippen molar-refractivity contribution in [2.45, 2.75) is 31.0 Å². The van der Waals surface area contributed by atoms with E-state index in [0.717, 1.165) is 11.2 Å². The van der Waals surface area contributed by atoms with Gasteiger partial charge in [-0.25, -0.2) is 4.79 Å². The number of ether oxygens (including phenoxy) is 3. The Balaban J connectivity index is 1.95. The maximum Gasteiger partial charge on any atom is 0.330 e. The van der Waals surface area contributed by atoms with Crippen LogP contribution in [0.25, 0.3) is 0 Å². The molecule has 2 unspecified atom stereocenters. The third-order valence-corrected chi connectivity index (χ3v) is 5.18. The summed E-state index contributed by atoms with van der Waals surface area (Å²) in [6.07, 6.45) is -1.72. The summed E-state index contributed by atoms with van der Waals surface area (Å²) in [6.45, 7) is 2.42. The molecule has 2 aliphatic rings. The number of carbonyl (C=O) groups excluding carboxylic acids is 1. The molecule has 1 aromatic rings. The van der Waals surface area contributed by atoms with Gasteiger partial charge in [0.05, 0.1) is 19.8 Å². The van der Waals surface area contributed by atoms with Gasteiger partial charge in [0.1, 0.15) is 23.4 Å². The fraction of sp³-hybridized carbons (Fsp3) is 0.588. The van der Waals surface area contributed by atoms with Crippen LogP contribution in [0.15, 0.2) is 15.8 Å². The molecule has 13 heteroatoms. The van der Waals surface area contributed by atoms with Gasteiger partial charge in [0.2, 0.25) is 5.91 Å². The topological polar surface area (TPSA) is 158 Å². The number of carbonyl (C=O) groups is 1. The van der Waals surface area contributed by atoms with E-state index < -0.39 is 42.9 Å². The molecule has 2 bridgehead atoms. The number of H-pyrrole nitrogens is 1. The number of amides is 1. The SMILES string of the molecule is COC[C@]12COC([C@H](n3cc(C#CCNC(C)=O)c(=O)[nH]c3=O)O1)[C@@H]2OP(C)(=O)O. The van der Waals surface area contributed by atoms with Crippen LogP contribution in [0.4, 0.5) is 0 Å². The molecule has 3 rings (SSSR count). The molecule has 1 amide bonds. The molecule has 30 heavy (non-hydrogen) atoms. The lowest BCUT2D eigenvalue weighted by molar-refractivity contribution is -0.190. The van der Waals surface area contributed by atoms with Gasteiger partial charge in [-0.15, -0.1) is 0 Å². The van der Waals surface area contributed by atoms with E-state index in [0.29, 0.717) is 0 Å². The van der Waals surface area contributed by atoms with Crippen LogP contribution >= 0.6 is 7.60 Å². The van der Waals surface area contributed by atoms with Crippen molar-refractivity contribution >= 4 is 13.5 Å². The summed E-state index contributed by atoms with van der Waals surface area (Å²) in [5, 5.41) is 2.47. The number of aromatic nitrogens is 2. The molecule has 0 radical (unpaired) electrons. The average molecular weight is 443 g/mol. The molecule has 0 aliphatic carbocycles. The Bertz CT molecular complexity index is 1050. The van der Waals surface area contributed by atoms with E-state index in [1.807, 2.05) is 0 Å². The predicted octanol–water partition coefficient (Wildman–Crippen LogP) is -1.46. The van der Waals surface area contributed by atoms with E-state index in [-0.39, 0.29) is 31.2 Å². The number of fused-ring (bicyclic) bond motifs is 2. The fourth-order valence-electron chi connectivity index (χ4n) is 3.40. The van der Waals surface area contributed by atoms with Crippen LogP contribution in [-0.4, -0.2) is 71.7 Å². The van der Waals surface area contributed by atoms with Crippen LogP contribution in [-0.2, 0) is 28.1 Å². The zero-order chi connectivity index (χ0) is 22.1. The smallest absolute Gasteiger partial charge is 0.330 e. The highest BCUT2D eigenvalue weighted by molar-refractivity contribution is 7.51. The number of hydrogen-bond acceptors (Lipinski definition) is 8. The molecule has 3 heterocycles. The number of aromatic amines is 1. The van der Waals surface area contributed by atoms with E-state index in [4.69, 9.17) is 18.7 Å². The first-order valence-corrected chi connectivity index (χ1v) is 10.9. The van der Waals surface area contributed by atoms with Gasteiger partial charge in [0, 0.05) is 26.9 Å². The Kier molecular flexibility index (Phi) is 6.33. The van der Waals surface area contributed by atoms with Gasteiger partial charge < -0.3 is 24.4 Å². The average Bonchev–Trinajstić information content (AvgIpc) is 3.10. The van der Waals surface area contributed by atoms with Crippen LogP contribution in [0.2, 0.25) is 0 Å². The van der Waals surface area contributed by atoms with Gasteiger partial charge in [0.15, 0.2) is 6.23 Å². The highest BCUT2D eigenvalue weighted by Crippen LogP contribution is 2.52. The third-order valence-electron chi connectivity index (χ3n) is 4.56. The first-order valence-electron chi connectivity index (χ1n) is 8.92. The molecule has 164 valence electrons. The normalized spacial score (nSPS) is 29.1. The molecule has 3 N–H and O–H groups in total. The Labute approximate surface area is 171 Å². The van der Waals surface area contributed by atoms with Crippen LogP contribution in [0.1, 0.15) is 18.7 Å². The van der Waals surface area contributed by atoms with E-state index >= 15 is 0 Å². The van der Waals surface area contributed by atoms with E-state index in [1.54, 1.807) is 0 Å². The van der Waals surface area contributed by atoms with Gasteiger partial charge in [0.25, 0.3) is 5.56 Å². The van der Waals surface area contributed by atoms with Crippen LogP contribution < -0.4 is 16.6 Å². The molecular formula is C17H22N3O9P. The largest absolute Gasteiger partial charge is 0.381 e. The van der Waals surface area contributed by atoms with Crippen LogP contribution in [0.5, 0.6) is 0 Å². The van der Waals surface area contributed by atoms with E-state index in [2.05, 4.69) is 22.1 Å². The molecule has 1 aromatic heterocycles. The Hall–Kier alpha value is -2.26. The Morgan fingerprint density at radius 3 is 2.90 bits per heavy atom. The number of nitrogens with zero attached hydrogens (tertiary/aromatic N) is 1. The molecule has 0 spiro atoms. The Morgan fingerprint density at radius 2 is 2.27 bits per heavy atom. The number of methoxy groups -OCH3 is 1. The van der Waals surface area contributed by atoms with Crippen LogP contribution in [0.3, 0.4) is 0 Å². The van der Waals surface area contributed by atoms with Crippen molar-refractivity contribution in [1.82, 2.24) is 14.9 Å². The van der Waals surface area contributed by atoms with Gasteiger partial charge in [-0.3, -0.25) is 28.2 Å². The minimum Gasteiger partial charge on any atom is -0.381 e. The van der Waals surface area contributed by atoms with Gasteiger partial charge >= 0.3 is 13.3 Å². The third kappa shape index (κ3) is 4.57. The maximum atomic E-state index is 12.4. The minimum absolute atomic E-state index is 0.00779. The summed E-state index contributed by atoms with van der Waals surface area (Å²) in [6, 6.07) is 0. The molecule has 5 atom stereocenters. The fourth-order valence-corrected chi connectivity index (χ4v) is 4.14. The summed E-state index contributed by atoms with van der Waals surface area (Å²) in [7, 11) is -2.48. The van der Waals surface area contributed by atoms with Crippen molar-refractivity contribution in [3.63, 3.8) is 0 Å². The van der Waals surface area contributed by atoms with Crippen molar-refractivity contribution < 1.29 is 33.0 Å². The second kappa shape index (κ2) is 8.47. The zero-order valence-electron chi connectivity index (χ0n) is 16.5. The van der Waals surface area contributed by atoms with Gasteiger partial charge in [-0.05, 0) is 0 Å². The molecule has 0 saturated carbocycles. The van der Waals surface area contributed by atoms with E-state index in [1.165, 1.54) is 20.2 Å². The lowest BCUT2D eigenvalue weighted by Gasteiger charge is -2.31. The zero-order valence-corrected chi connectivity index (χ0v) is 17.4. The summed E-state index contributed by atoms with van der Waals surface area (Å²) in [4.78, 5) is 47.2. The first-order chi connectivity index (χ1) is 14.1. The molecular weight excluding hydrogens is 421 g/mol. The summed E-state index contributed by atoms with van der Waals surface area (Å²) < 4.78 is 35.1. The molecule has 2 fully saturated rings. The monoisotopic (exact) mass is 443 g/mol. The summed E-state index contributed by atoms with van der Waals surface area (Å²) in [5.74, 6) is 4.92. The van der Waals surface area contributed by atoms with Crippen molar-refractivity contribution in [2.24, 2.45) is 0 Å². The lowest BCUT2D eigenvalue weighted by Crippen LogP contribution is -2.46. The molecule has 2 saturated heterocycles. The highest BCUT2D eigenvalue weighted by Gasteiger charge is 2.64. The number of hydrogen-bond donors (Lipinski definition) is 3. The lowest BCUT2D eigenvalue weighted by atomic mass is 10.0. The van der Waals surface area contributed by atoms with Crippen molar-refractivity contribution in [3.05, 3.63) is 32.6 Å². The number of nitrogens with one attached hydrogen (secondary N) is 2. The second-order valence-corrected chi connectivity index (χ2v) is 8.85. The maximum absolute atomic E-state index is 12.4. The predicted molar refractivity (Wildman–Crippen MR) is 102 cm³/mol. The van der Waals surface area contributed by atoms with Crippen molar-refractivity contribution in [3.8, 4) is 11.8 Å². The summed E-state index contributed by atoms with van der Waals surface area (Å²) >= 11 is 0. The van der Waals surface area contributed by atoms with Gasteiger partial charge in [-0.2, -0.15) is 0 Å². The highest BCUT2D eigenvalue weighted by atomic mass is 31.2. The first kappa shape index (κ1) is 22.4. The van der Waals surface area contributed by atoms with Crippen molar-refractivity contribution in [2.75, 3.05) is 33.5 Å². The molecule has 12 nitrogen and oxygen atoms in total. The Morgan fingerprint density at radius 1 is 1.53 bits per heavy atom. The van der Waals surface area contributed by atoms with Crippen molar-refractivity contribution in [1.29, 1.82) is 0 Å². The summed E-state index contributed by atoms with van der Waals surface area (Å²) in [5.41, 5.74) is -2.72. The molecule has 0 aromatic carbocycles.